The highest BCUT2D eigenvalue weighted by Gasteiger charge is 2.30. The van der Waals surface area contributed by atoms with Gasteiger partial charge in [0.15, 0.2) is 0 Å². The Kier molecular flexibility index (Phi) is 4.10. The summed E-state index contributed by atoms with van der Waals surface area (Å²) >= 11 is 0. The Hall–Kier alpha value is -2.69. The average Bonchev–Trinajstić information content (AvgIpc) is 2.87. The highest BCUT2D eigenvalue weighted by Crippen LogP contribution is 2.21. The van der Waals surface area contributed by atoms with Crippen molar-refractivity contribution >= 4 is 11.8 Å². The molecule has 0 unspecified atom stereocenters. The molecule has 1 aromatic carbocycles. The Bertz CT molecular complexity index is 757. The van der Waals surface area contributed by atoms with Crippen molar-refractivity contribution in [2.75, 3.05) is 13.6 Å². The van der Waals surface area contributed by atoms with E-state index in [9.17, 15) is 9.59 Å². The third-order valence-electron chi connectivity index (χ3n) is 4.14. The van der Waals surface area contributed by atoms with Crippen LogP contribution in [0.15, 0.2) is 42.6 Å². The average molecular weight is 309 g/mol. The number of benzene rings is 1. The first kappa shape index (κ1) is 15.2. The second kappa shape index (κ2) is 6.20. The molecule has 0 bridgehead atoms. The molecule has 0 aliphatic carbocycles. The maximum atomic E-state index is 12.4. The topological polar surface area (TPSA) is 62.3 Å². The Balaban J connectivity index is 1.81. The monoisotopic (exact) mass is 309 g/mol. The normalized spacial score (nSPS) is 17.4. The molecule has 0 saturated carbocycles. The molecule has 0 spiro atoms. The Morgan fingerprint density at radius 1 is 1.30 bits per heavy atom. The van der Waals surface area contributed by atoms with E-state index in [0.29, 0.717) is 18.5 Å². The van der Waals surface area contributed by atoms with Crippen LogP contribution in [0, 0.1) is 6.92 Å². The number of amides is 2. The minimum absolute atomic E-state index is 0.0323. The second-order valence-electron chi connectivity index (χ2n) is 5.82. The van der Waals surface area contributed by atoms with E-state index < -0.39 is 6.04 Å². The number of rotatable bonds is 3. The number of pyridine rings is 1. The Morgan fingerprint density at radius 2 is 2.13 bits per heavy atom. The van der Waals surface area contributed by atoms with Crippen LogP contribution in [0.3, 0.4) is 0 Å². The molecule has 1 saturated heterocycles. The van der Waals surface area contributed by atoms with Gasteiger partial charge in [0.05, 0.1) is 5.69 Å². The smallest absolute Gasteiger partial charge is 0.251 e. The van der Waals surface area contributed by atoms with Crippen LogP contribution in [0.4, 0.5) is 0 Å². The quantitative estimate of drug-likeness (QED) is 0.943. The minimum atomic E-state index is -0.423. The van der Waals surface area contributed by atoms with Crippen LogP contribution in [0.1, 0.15) is 22.3 Å². The summed E-state index contributed by atoms with van der Waals surface area (Å²) in [5, 5.41) is 2.82. The molecule has 5 nitrogen and oxygen atoms in total. The van der Waals surface area contributed by atoms with Gasteiger partial charge in [0, 0.05) is 30.9 Å². The number of likely N-dealkylation sites (tertiary alicyclic amines) is 1. The lowest BCUT2D eigenvalue weighted by molar-refractivity contribution is -0.128. The van der Waals surface area contributed by atoms with E-state index in [1.807, 2.05) is 37.3 Å². The fraction of sp³-hybridized carbons (Fsp3) is 0.278. The van der Waals surface area contributed by atoms with Crippen LogP contribution in [0.25, 0.3) is 11.3 Å². The van der Waals surface area contributed by atoms with Crippen molar-refractivity contribution < 1.29 is 9.59 Å². The standard InChI is InChI=1S/C18H19N3O2/c1-12-5-4-9-19-16(12)13-6-3-7-14(11-13)17(22)20-15-8-10-21(2)18(15)23/h3-7,9,11,15H,8,10H2,1-2H3,(H,20,22)/t15-/m0/s1. The summed E-state index contributed by atoms with van der Waals surface area (Å²) in [6, 6.07) is 10.8. The molecule has 23 heavy (non-hydrogen) atoms. The van der Waals surface area contributed by atoms with E-state index in [4.69, 9.17) is 0 Å². The number of nitrogens with one attached hydrogen (secondary N) is 1. The van der Waals surface area contributed by atoms with Crippen LogP contribution in [0.2, 0.25) is 0 Å². The summed E-state index contributed by atoms with van der Waals surface area (Å²) in [6.07, 6.45) is 2.39. The molecule has 118 valence electrons. The van der Waals surface area contributed by atoms with E-state index in [0.717, 1.165) is 16.8 Å². The first-order chi connectivity index (χ1) is 11.1. The zero-order chi connectivity index (χ0) is 16.4. The number of aryl methyl sites for hydroxylation is 1. The van der Waals surface area contributed by atoms with Gasteiger partial charge in [0.2, 0.25) is 5.91 Å². The molecule has 1 atom stereocenters. The van der Waals surface area contributed by atoms with E-state index in [1.165, 1.54) is 0 Å². The zero-order valence-corrected chi connectivity index (χ0v) is 13.2. The van der Waals surface area contributed by atoms with Crippen molar-refractivity contribution in [3.63, 3.8) is 0 Å². The number of hydrogen-bond acceptors (Lipinski definition) is 3. The number of hydrogen-bond donors (Lipinski definition) is 1. The van der Waals surface area contributed by atoms with E-state index in [2.05, 4.69) is 10.3 Å². The van der Waals surface area contributed by atoms with E-state index in [1.54, 1.807) is 24.2 Å². The molecule has 1 aliphatic heterocycles. The first-order valence-electron chi connectivity index (χ1n) is 7.64. The van der Waals surface area contributed by atoms with Crippen LogP contribution in [-0.2, 0) is 4.79 Å². The van der Waals surface area contributed by atoms with Gasteiger partial charge in [0.1, 0.15) is 6.04 Å². The molecule has 1 aliphatic rings. The summed E-state index contributed by atoms with van der Waals surface area (Å²) in [5.41, 5.74) is 3.34. The van der Waals surface area contributed by atoms with Gasteiger partial charge < -0.3 is 10.2 Å². The van der Waals surface area contributed by atoms with Gasteiger partial charge in [-0.25, -0.2) is 0 Å². The minimum Gasteiger partial charge on any atom is -0.344 e. The molecule has 2 aromatic rings. The van der Waals surface area contributed by atoms with E-state index >= 15 is 0 Å². The lowest BCUT2D eigenvalue weighted by Crippen LogP contribution is -2.40. The van der Waals surface area contributed by atoms with Gasteiger partial charge in [0.25, 0.3) is 5.91 Å². The maximum absolute atomic E-state index is 12.4. The molecule has 1 N–H and O–H groups in total. The highest BCUT2D eigenvalue weighted by molar-refractivity contribution is 5.98. The number of carbonyl (C=O) groups excluding carboxylic acids is 2. The van der Waals surface area contributed by atoms with Crippen molar-refractivity contribution in [2.45, 2.75) is 19.4 Å². The lowest BCUT2D eigenvalue weighted by Gasteiger charge is -2.13. The summed E-state index contributed by atoms with van der Waals surface area (Å²) in [4.78, 5) is 30.3. The second-order valence-corrected chi connectivity index (χ2v) is 5.82. The van der Waals surface area contributed by atoms with Gasteiger partial charge in [-0.15, -0.1) is 0 Å². The van der Waals surface area contributed by atoms with Crippen molar-refractivity contribution in [3.8, 4) is 11.3 Å². The van der Waals surface area contributed by atoms with Gasteiger partial charge in [-0.05, 0) is 37.1 Å². The van der Waals surface area contributed by atoms with Crippen LogP contribution in [0.5, 0.6) is 0 Å². The van der Waals surface area contributed by atoms with Crippen LogP contribution >= 0.6 is 0 Å². The van der Waals surface area contributed by atoms with Crippen molar-refractivity contribution in [2.24, 2.45) is 0 Å². The van der Waals surface area contributed by atoms with Crippen molar-refractivity contribution in [1.29, 1.82) is 0 Å². The summed E-state index contributed by atoms with van der Waals surface area (Å²) in [5.74, 6) is -0.260. The zero-order valence-electron chi connectivity index (χ0n) is 13.2. The lowest BCUT2D eigenvalue weighted by atomic mass is 10.0. The molecule has 2 heterocycles. The third-order valence-corrected chi connectivity index (χ3v) is 4.14. The van der Waals surface area contributed by atoms with E-state index in [-0.39, 0.29) is 11.8 Å². The number of likely N-dealkylation sites (N-methyl/N-ethyl adjacent to an activating group) is 1. The first-order valence-corrected chi connectivity index (χ1v) is 7.64. The number of carbonyl (C=O) groups is 2. The van der Waals surface area contributed by atoms with Gasteiger partial charge >= 0.3 is 0 Å². The molecular formula is C18H19N3O2. The summed E-state index contributed by atoms with van der Waals surface area (Å²) < 4.78 is 0. The van der Waals surface area contributed by atoms with Crippen molar-refractivity contribution in [3.05, 3.63) is 53.7 Å². The number of aromatic nitrogens is 1. The largest absolute Gasteiger partial charge is 0.344 e. The molecule has 5 heteroatoms. The Labute approximate surface area is 135 Å². The fourth-order valence-corrected chi connectivity index (χ4v) is 2.79. The highest BCUT2D eigenvalue weighted by atomic mass is 16.2. The number of nitrogens with zero attached hydrogens (tertiary/aromatic N) is 2. The summed E-state index contributed by atoms with van der Waals surface area (Å²) in [7, 11) is 1.75. The van der Waals surface area contributed by atoms with Crippen LogP contribution < -0.4 is 5.32 Å². The predicted octanol–water partition coefficient (Wildman–Crippen LogP) is 2.02. The molecular weight excluding hydrogens is 290 g/mol. The molecule has 0 radical (unpaired) electrons. The van der Waals surface area contributed by atoms with Crippen LogP contribution in [-0.4, -0.2) is 41.3 Å². The third kappa shape index (κ3) is 3.08. The molecule has 3 rings (SSSR count). The van der Waals surface area contributed by atoms with Crippen molar-refractivity contribution in [1.82, 2.24) is 15.2 Å². The van der Waals surface area contributed by atoms with Gasteiger partial charge in [-0.1, -0.05) is 18.2 Å². The maximum Gasteiger partial charge on any atom is 0.251 e. The SMILES string of the molecule is Cc1cccnc1-c1cccc(C(=O)N[C@H]2CCN(C)C2=O)c1. The van der Waals surface area contributed by atoms with Gasteiger partial charge in [-0.2, -0.15) is 0 Å². The molecule has 1 fully saturated rings. The van der Waals surface area contributed by atoms with Gasteiger partial charge in [-0.3, -0.25) is 14.6 Å². The summed E-state index contributed by atoms with van der Waals surface area (Å²) in [6.45, 7) is 2.67. The Morgan fingerprint density at radius 3 is 2.83 bits per heavy atom. The molecule has 1 aromatic heterocycles. The molecule has 2 amide bonds. The predicted molar refractivity (Wildman–Crippen MR) is 87.9 cm³/mol. The fourth-order valence-electron chi connectivity index (χ4n) is 2.79.